The standard InChI is InChI=1S/C15H31NS/c1-5-7-17-11-15(16-6-2)14-9-12(3)8-13(4)10-14/h12-16H,5-11H2,1-4H3. The molecule has 1 fully saturated rings. The zero-order valence-electron chi connectivity index (χ0n) is 12.2. The number of rotatable bonds is 7. The zero-order chi connectivity index (χ0) is 12.7. The second kappa shape index (κ2) is 8.42. The van der Waals surface area contributed by atoms with Crippen LogP contribution >= 0.6 is 11.8 Å². The Morgan fingerprint density at radius 2 is 1.76 bits per heavy atom. The molecule has 1 rings (SSSR count). The fourth-order valence-corrected chi connectivity index (χ4v) is 4.42. The maximum atomic E-state index is 3.73. The predicted octanol–water partition coefficient (Wildman–Crippen LogP) is 4.18. The summed E-state index contributed by atoms with van der Waals surface area (Å²) in [5.74, 6) is 5.41. The molecule has 3 unspecified atom stereocenters. The van der Waals surface area contributed by atoms with Crippen LogP contribution in [0.3, 0.4) is 0 Å². The van der Waals surface area contributed by atoms with Gasteiger partial charge in [-0.3, -0.25) is 0 Å². The minimum atomic E-state index is 0.752. The molecule has 0 aromatic rings. The van der Waals surface area contributed by atoms with Crippen molar-refractivity contribution in [1.82, 2.24) is 5.32 Å². The first-order chi connectivity index (χ1) is 8.17. The Bertz CT molecular complexity index is 185. The van der Waals surface area contributed by atoms with Gasteiger partial charge in [-0.2, -0.15) is 11.8 Å². The summed E-state index contributed by atoms with van der Waals surface area (Å²) in [6, 6.07) is 0.752. The smallest absolute Gasteiger partial charge is 0.0186 e. The van der Waals surface area contributed by atoms with Gasteiger partial charge in [-0.15, -0.1) is 0 Å². The maximum Gasteiger partial charge on any atom is 0.0186 e. The van der Waals surface area contributed by atoms with E-state index >= 15 is 0 Å². The minimum absolute atomic E-state index is 0.752. The minimum Gasteiger partial charge on any atom is -0.313 e. The topological polar surface area (TPSA) is 12.0 Å². The van der Waals surface area contributed by atoms with Crippen molar-refractivity contribution in [1.29, 1.82) is 0 Å². The molecule has 1 saturated carbocycles. The number of thioether (sulfide) groups is 1. The van der Waals surface area contributed by atoms with Crippen LogP contribution in [0, 0.1) is 17.8 Å². The molecule has 0 aromatic heterocycles. The average Bonchev–Trinajstić information content (AvgIpc) is 2.27. The van der Waals surface area contributed by atoms with Crippen LogP contribution in [-0.4, -0.2) is 24.1 Å². The van der Waals surface area contributed by atoms with Crippen molar-refractivity contribution in [3.8, 4) is 0 Å². The van der Waals surface area contributed by atoms with Crippen LogP contribution < -0.4 is 5.32 Å². The highest BCUT2D eigenvalue weighted by atomic mass is 32.2. The van der Waals surface area contributed by atoms with Crippen LogP contribution in [0.15, 0.2) is 0 Å². The molecule has 0 radical (unpaired) electrons. The van der Waals surface area contributed by atoms with Gasteiger partial charge in [0.25, 0.3) is 0 Å². The summed E-state index contributed by atoms with van der Waals surface area (Å²) in [5, 5.41) is 3.73. The molecule has 0 aromatic carbocycles. The Morgan fingerprint density at radius 1 is 1.12 bits per heavy atom. The SMILES string of the molecule is CCCSCC(NCC)C1CC(C)CC(C)C1. The lowest BCUT2D eigenvalue weighted by Crippen LogP contribution is -2.41. The third kappa shape index (κ3) is 5.65. The molecule has 2 heteroatoms. The van der Waals surface area contributed by atoms with Crippen molar-refractivity contribution in [2.24, 2.45) is 17.8 Å². The number of hydrogen-bond donors (Lipinski definition) is 1. The molecule has 0 saturated heterocycles. The van der Waals surface area contributed by atoms with E-state index in [0.29, 0.717) is 0 Å². The molecular weight excluding hydrogens is 226 g/mol. The summed E-state index contributed by atoms with van der Waals surface area (Å²) in [5.41, 5.74) is 0. The molecule has 0 aliphatic heterocycles. The van der Waals surface area contributed by atoms with Crippen LogP contribution in [0.25, 0.3) is 0 Å². The quantitative estimate of drug-likeness (QED) is 0.687. The monoisotopic (exact) mass is 257 g/mol. The molecule has 1 N–H and O–H groups in total. The average molecular weight is 257 g/mol. The molecule has 17 heavy (non-hydrogen) atoms. The summed E-state index contributed by atoms with van der Waals surface area (Å²) in [6.07, 6.45) is 5.63. The summed E-state index contributed by atoms with van der Waals surface area (Å²) >= 11 is 2.13. The molecule has 1 aliphatic rings. The molecule has 3 atom stereocenters. The molecule has 0 spiro atoms. The van der Waals surface area contributed by atoms with Crippen molar-refractivity contribution in [2.75, 3.05) is 18.1 Å². The summed E-state index contributed by atoms with van der Waals surface area (Å²) < 4.78 is 0. The van der Waals surface area contributed by atoms with Gasteiger partial charge in [0, 0.05) is 11.8 Å². The van der Waals surface area contributed by atoms with Gasteiger partial charge in [0.1, 0.15) is 0 Å². The van der Waals surface area contributed by atoms with E-state index in [2.05, 4.69) is 44.8 Å². The van der Waals surface area contributed by atoms with E-state index in [1.54, 1.807) is 0 Å². The molecule has 0 bridgehead atoms. The van der Waals surface area contributed by atoms with E-state index in [1.165, 1.54) is 37.2 Å². The highest BCUT2D eigenvalue weighted by Crippen LogP contribution is 2.35. The Balaban J connectivity index is 2.43. The fraction of sp³-hybridized carbons (Fsp3) is 1.00. The van der Waals surface area contributed by atoms with Gasteiger partial charge in [-0.1, -0.05) is 27.7 Å². The zero-order valence-corrected chi connectivity index (χ0v) is 13.0. The third-order valence-electron chi connectivity index (χ3n) is 3.90. The summed E-state index contributed by atoms with van der Waals surface area (Å²) in [6.45, 7) is 10.5. The van der Waals surface area contributed by atoms with Crippen molar-refractivity contribution < 1.29 is 0 Å². The molecule has 1 aliphatic carbocycles. The lowest BCUT2D eigenvalue weighted by Gasteiger charge is -2.37. The Labute approximate surface area is 113 Å². The van der Waals surface area contributed by atoms with Crippen LogP contribution in [0.4, 0.5) is 0 Å². The highest BCUT2D eigenvalue weighted by Gasteiger charge is 2.29. The van der Waals surface area contributed by atoms with Gasteiger partial charge in [0.05, 0.1) is 0 Å². The van der Waals surface area contributed by atoms with Crippen LogP contribution in [0.5, 0.6) is 0 Å². The van der Waals surface area contributed by atoms with Crippen LogP contribution in [0.2, 0.25) is 0 Å². The lowest BCUT2D eigenvalue weighted by molar-refractivity contribution is 0.185. The van der Waals surface area contributed by atoms with Crippen molar-refractivity contribution in [2.45, 2.75) is 59.4 Å². The molecule has 102 valence electrons. The van der Waals surface area contributed by atoms with Gasteiger partial charge in [0.2, 0.25) is 0 Å². The maximum absolute atomic E-state index is 3.73. The Hall–Kier alpha value is 0.310. The summed E-state index contributed by atoms with van der Waals surface area (Å²) in [4.78, 5) is 0. The van der Waals surface area contributed by atoms with Gasteiger partial charge < -0.3 is 5.32 Å². The second-order valence-corrected chi connectivity index (χ2v) is 7.07. The largest absolute Gasteiger partial charge is 0.313 e. The molecule has 0 heterocycles. The highest BCUT2D eigenvalue weighted by molar-refractivity contribution is 7.99. The van der Waals surface area contributed by atoms with Crippen LogP contribution in [-0.2, 0) is 0 Å². The lowest BCUT2D eigenvalue weighted by atomic mass is 9.74. The van der Waals surface area contributed by atoms with Gasteiger partial charge in [-0.05, 0) is 55.7 Å². The van der Waals surface area contributed by atoms with Crippen LogP contribution in [0.1, 0.15) is 53.4 Å². The van der Waals surface area contributed by atoms with Gasteiger partial charge >= 0.3 is 0 Å². The number of hydrogen-bond acceptors (Lipinski definition) is 2. The van der Waals surface area contributed by atoms with E-state index in [1.807, 2.05) is 0 Å². The third-order valence-corrected chi connectivity index (χ3v) is 5.19. The van der Waals surface area contributed by atoms with E-state index in [9.17, 15) is 0 Å². The molecule has 1 nitrogen and oxygen atoms in total. The van der Waals surface area contributed by atoms with Gasteiger partial charge in [-0.25, -0.2) is 0 Å². The second-order valence-electron chi connectivity index (χ2n) is 5.92. The first-order valence-electron chi connectivity index (χ1n) is 7.48. The predicted molar refractivity (Wildman–Crippen MR) is 80.7 cm³/mol. The van der Waals surface area contributed by atoms with Crippen molar-refractivity contribution in [3.05, 3.63) is 0 Å². The van der Waals surface area contributed by atoms with E-state index in [4.69, 9.17) is 0 Å². The van der Waals surface area contributed by atoms with Crippen molar-refractivity contribution in [3.63, 3.8) is 0 Å². The Morgan fingerprint density at radius 3 is 2.29 bits per heavy atom. The fourth-order valence-electron chi connectivity index (χ4n) is 3.32. The van der Waals surface area contributed by atoms with E-state index < -0.39 is 0 Å². The van der Waals surface area contributed by atoms with E-state index in [-0.39, 0.29) is 0 Å². The number of nitrogens with one attached hydrogen (secondary N) is 1. The first-order valence-corrected chi connectivity index (χ1v) is 8.63. The Kier molecular flexibility index (Phi) is 7.61. The molecule has 0 amide bonds. The summed E-state index contributed by atoms with van der Waals surface area (Å²) in [7, 11) is 0. The first kappa shape index (κ1) is 15.4. The molecular formula is C15H31NS. The van der Waals surface area contributed by atoms with Gasteiger partial charge in [0.15, 0.2) is 0 Å². The normalized spacial score (nSPS) is 31.4. The van der Waals surface area contributed by atoms with Crippen molar-refractivity contribution >= 4 is 11.8 Å². The van der Waals surface area contributed by atoms with E-state index in [0.717, 1.165) is 30.3 Å².